The van der Waals surface area contributed by atoms with E-state index in [4.69, 9.17) is 0 Å². The van der Waals surface area contributed by atoms with Crippen LogP contribution in [-0.2, 0) is 12.8 Å². The Morgan fingerprint density at radius 3 is 2.93 bits per heavy atom. The van der Waals surface area contributed by atoms with Crippen molar-refractivity contribution in [2.75, 3.05) is 0 Å². The zero-order valence-corrected chi connectivity index (χ0v) is 9.64. The molecule has 0 aliphatic heterocycles. The fourth-order valence-electron chi connectivity index (χ4n) is 2.46. The third-order valence-corrected chi connectivity index (χ3v) is 3.24. The van der Waals surface area contributed by atoms with Crippen molar-refractivity contribution in [3.63, 3.8) is 0 Å². The van der Waals surface area contributed by atoms with Crippen LogP contribution in [0.3, 0.4) is 0 Å². The summed E-state index contributed by atoms with van der Waals surface area (Å²) in [6.07, 6.45) is 9.90. The molecule has 80 valence electrons. The summed E-state index contributed by atoms with van der Waals surface area (Å²) in [4.78, 5) is 3.53. The van der Waals surface area contributed by atoms with Gasteiger partial charge in [-0.15, -0.1) is 0 Å². The molecule has 2 rings (SSSR count). The van der Waals surface area contributed by atoms with Crippen molar-refractivity contribution in [1.29, 1.82) is 0 Å². The lowest BCUT2D eigenvalue weighted by molar-refractivity contribution is 0.496. The second kappa shape index (κ2) is 4.09. The van der Waals surface area contributed by atoms with Crippen LogP contribution >= 0.6 is 0 Å². The number of hydrogen-bond donors (Lipinski definition) is 1. The number of nitrogens with one attached hydrogen (secondary N) is 1. The molecule has 0 aromatic carbocycles. The Balaban J connectivity index is 2.47. The summed E-state index contributed by atoms with van der Waals surface area (Å²) in [6.45, 7) is 8.30. The molecule has 0 spiro atoms. The molecule has 1 heteroatoms. The van der Waals surface area contributed by atoms with E-state index in [0.29, 0.717) is 0 Å². The second-order valence-electron chi connectivity index (χ2n) is 4.46. The molecule has 15 heavy (non-hydrogen) atoms. The first-order chi connectivity index (χ1) is 7.26. The Kier molecular flexibility index (Phi) is 2.81. The molecule has 0 fully saturated rings. The number of fused-ring (bicyclic) bond motifs is 1. The fraction of sp³-hybridized carbons (Fsp3) is 0.429. The van der Waals surface area contributed by atoms with Crippen LogP contribution < -0.4 is 0 Å². The quantitative estimate of drug-likeness (QED) is 0.748. The van der Waals surface area contributed by atoms with Crippen molar-refractivity contribution in [2.45, 2.75) is 33.1 Å². The summed E-state index contributed by atoms with van der Waals surface area (Å²) < 4.78 is 0. The van der Waals surface area contributed by atoms with Gasteiger partial charge in [-0.25, -0.2) is 0 Å². The first kappa shape index (κ1) is 10.3. The zero-order valence-electron chi connectivity index (χ0n) is 9.64. The van der Waals surface area contributed by atoms with Crippen molar-refractivity contribution in [3.8, 4) is 0 Å². The smallest absolute Gasteiger partial charge is 0.0455 e. The van der Waals surface area contributed by atoms with Gasteiger partial charge < -0.3 is 4.98 Å². The van der Waals surface area contributed by atoms with Crippen molar-refractivity contribution in [2.24, 2.45) is 5.92 Å². The molecule has 0 saturated heterocycles. The van der Waals surface area contributed by atoms with E-state index in [9.17, 15) is 0 Å². The van der Waals surface area contributed by atoms with E-state index in [2.05, 4.69) is 37.6 Å². The van der Waals surface area contributed by atoms with Crippen LogP contribution in [-0.4, -0.2) is 4.98 Å². The maximum absolute atomic E-state index is 3.92. The normalized spacial score (nSPS) is 20.5. The van der Waals surface area contributed by atoms with E-state index in [1.165, 1.54) is 41.8 Å². The minimum atomic E-state index is 0.812. The maximum atomic E-state index is 3.92. The molecule has 1 atom stereocenters. The minimum Gasteiger partial charge on any atom is -0.358 e. The molecule has 1 aliphatic carbocycles. The lowest BCUT2D eigenvalue weighted by Crippen LogP contribution is -2.10. The summed E-state index contributed by atoms with van der Waals surface area (Å²) in [7, 11) is 0. The number of aromatic nitrogens is 1. The highest BCUT2D eigenvalue weighted by Gasteiger charge is 2.20. The first-order valence-electron chi connectivity index (χ1n) is 5.75. The van der Waals surface area contributed by atoms with Gasteiger partial charge in [-0.05, 0) is 43.7 Å². The van der Waals surface area contributed by atoms with E-state index in [-0.39, 0.29) is 0 Å². The van der Waals surface area contributed by atoms with Gasteiger partial charge >= 0.3 is 0 Å². The molecule has 1 aromatic rings. The standard InChI is InChI=1S/C14H19N/c1-4-6-13-11(5-2)12-8-7-10(3)9-14(12)15-13/h4-6,10,15H,2,7-9H2,1,3H3/b6-4-. The Labute approximate surface area is 91.9 Å². The van der Waals surface area contributed by atoms with E-state index >= 15 is 0 Å². The fourth-order valence-corrected chi connectivity index (χ4v) is 2.46. The minimum absolute atomic E-state index is 0.812. The van der Waals surface area contributed by atoms with Gasteiger partial charge in [0, 0.05) is 17.0 Å². The molecule has 1 heterocycles. The molecule has 1 aliphatic rings. The first-order valence-corrected chi connectivity index (χ1v) is 5.75. The molecule has 0 radical (unpaired) electrons. The summed E-state index contributed by atoms with van der Waals surface area (Å²) in [5.74, 6) is 0.812. The molecule has 1 aromatic heterocycles. The van der Waals surface area contributed by atoms with Gasteiger partial charge in [0.25, 0.3) is 0 Å². The molecule has 1 nitrogen and oxygen atoms in total. The summed E-state index contributed by atoms with van der Waals surface area (Å²) in [5.41, 5.74) is 5.47. The lowest BCUT2D eigenvalue weighted by Gasteiger charge is -2.18. The maximum Gasteiger partial charge on any atom is 0.0455 e. The number of rotatable bonds is 2. The number of allylic oxidation sites excluding steroid dienone is 1. The average Bonchev–Trinajstić information content (AvgIpc) is 2.54. The van der Waals surface area contributed by atoms with Gasteiger partial charge in [0.1, 0.15) is 0 Å². The van der Waals surface area contributed by atoms with E-state index < -0.39 is 0 Å². The Bertz CT molecular complexity index is 396. The van der Waals surface area contributed by atoms with Crippen LogP contribution in [0.5, 0.6) is 0 Å². The van der Waals surface area contributed by atoms with E-state index in [1.807, 2.05) is 6.08 Å². The summed E-state index contributed by atoms with van der Waals surface area (Å²) in [5, 5.41) is 0. The van der Waals surface area contributed by atoms with Crippen LogP contribution in [0, 0.1) is 5.92 Å². The largest absolute Gasteiger partial charge is 0.358 e. The predicted octanol–water partition coefficient (Wildman–Crippen LogP) is 3.82. The monoisotopic (exact) mass is 201 g/mol. The third kappa shape index (κ3) is 1.79. The van der Waals surface area contributed by atoms with E-state index in [1.54, 1.807) is 0 Å². The van der Waals surface area contributed by atoms with Gasteiger partial charge in [0.05, 0.1) is 0 Å². The summed E-state index contributed by atoms with van der Waals surface area (Å²) >= 11 is 0. The number of H-pyrrole nitrogens is 1. The Morgan fingerprint density at radius 2 is 2.27 bits per heavy atom. The highest BCUT2D eigenvalue weighted by molar-refractivity contribution is 5.67. The average molecular weight is 201 g/mol. The summed E-state index contributed by atoms with van der Waals surface area (Å²) in [6, 6.07) is 0. The van der Waals surface area contributed by atoms with Crippen molar-refractivity contribution < 1.29 is 0 Å². The van der Waals surface area contributed by atoms with E-state index in [0.717, 1.165) is 5.92 Å². The van der Waals surface area contributed by atoms with Gasteiger partial charge in [0.2, 0.25) is 0 Å². The van der Waals surface area contributed by atoms with Gasteiger partial charge in [-0.3, -0.25) is 0 Å². The topological polar surface area (TPSA) is 15.8 Å². The Hall–Kier alpha value is -1.24. The van der Waals surface area contributed by atoms with Crippen LogP contribution in [0.15, 0.2) is 12.7 Å². The Morgan fingerprint density at radius 1 is 1.47 bits per heavy atom. The highest BCUT2D eigenvalue weighted by atomic mass is 14.7. The zero-order chi connectivity index (χ0) is 10.8. The van der Waals surface area contributed by atoms with Crippen LogP contribution in [0.4, 0.5) is 0 Å². The van der Waals surface area contributed by atoms with Gasteiger partial charge in [0.15, 0.2) is 0 Å². The van der Waals surface area contributed by atoms with Crippen molar-refractivity contribution in [3.05, 3.63) is 35.2 Å². The van der Waals surface area contributed by atoms with Crippen LogP contribution in [0.1, 0.15) is 42.8 Å². The van der Waals surface area contributed by atoms with Crippen molar-refractivity contribution in [1.82, 2.24) is 4.98 Å². The van der Waals surface area contributed by atoms with Gasteiger partial charge in [-0.1, -0.05) is 25.7 Å². The third-order valence-electron chi connectivity index (χ3n) is 3.24. The lowest BCUT2D eigenvalue weighted by atomic mass is 9.87. The molecular formula is C14H19N. The number of hydrogen-bond acceptors (Lipinski definition) is 0. The number of aromatic amines is 1. The van der Waals surface area contributed by atoms with Crippen LogP contribution in [0.2, 0.25) is 0 Å². The van der Waals surface area contributed by atoms with Gasteiger partial charge in [-0.2, -0.15) is 0 Å². The molecule has 1 N–H and O–H groups in total. The molecule has 0 amide bonds. The second-order valence-corrected chi connectivity index (χ2v) is 4.46. The molecular weight excluding hydrogens is 182 g/mol. The van der Waals surface area contributed by atoms with Crippen molar-refractivity contribution >= 4 is 12.2 Å². The predicted molar refractivity (Wildman–Crippen MR) is 66.8 cm³/mol. The van der Waals surface area contributed by atoms with Crippen LogP contribution in [0.25, 0.3) is 12.2 Å². The SMILES string of the molecule is C=Cc1c(/C=C\C)[nH]c2c1CCC(C)C2. The highest BCUT2D eigenvalue weighted by Crippen LogP contribution is 2.30. The molecule has 1 unspecified atom stereocenters. The molecule has 0 saturated carbocycles. The molecule has 0 bridgehead atoms.